The molecular weight excluding hydrogens is 504 g/mol. The third-order valence-corrected chi connectivity index (χ3v) is 7.10. The summed E-state index contributed by atoms with van der Waals surface area (Å²) in [5.41, 5.74) is 4.79. The van der Waals surface area contributed by atoms with Crippen LogP contribution in [0.5, 0.6) is 11.5 Å². The van der Waals surface area contributed by atoms with Crippen LogP contribution in [0.25, 0.3) is 27.6 Å². The highest BCUT2D eigenvalue weighted by atomic mass is 19.2. The summed E-state index contributed by atoms with van der Waals surface area (Å²) in [5, 5.41) is 5.44. The molecule has 6 aromatic rings. The highest BCUT2D eigenvalue weighted by Gasteiger charge is 2.21. The molecule has 0 bridgehead atoms. The lowest BCUT2D eigenvalue weighted by atomic mass is 10.1. The third-order valence-electron chi connectivity index (χ3n) is 7.10. The number of carbonyl (C=O) groups is 1. The quantitative estimate of drug-likeness (QED) is 0.282. The molecule has 0 radical (unpaired) electrons. The van der Waals surface area contributed by atoms with Crippen LogP contribution in [0.3, 0.4) is 0 Å². The highest BCUT2D eigenvalue weighted by molar-refractivity contribution is 6.14. The summed E-state index contributed by atoms with van der Waals surface area (Å²) >= 11 is 0. The van der Waals surface area contributed by atoms with Gasteiger partial charge in [0.2, 0.25) is 11.6 Å². The molecule has 7 rings (SSSR count). The minimum absolute atomic E-state index is 0.191. The molecule has 4 heterocycles. The minimum Gasteiger partial charge on any atom is -0.454 e. The maximum atomic E-state index is 14.1. The van der Waals surface area contributed by atoms with E-state index in [1.54, 1.807) is 28.9 Å². The first-order valence-corrected chi connectivity index (χ1v) is 12.6. The number of morpholine rings is 1. The number of halogens is 2. The van der Waals surface area contributed by atoms with Gasteiger partial charge >= 0.3 is 0 Å². The number of H-pyrrole nitrogens is 2. The van der Waals surface area contributed by atoms with Crippen molar-refractivity contribution in [3.8, 4) is 11.5 Å². The minimum atomic E-state index is -1.06. The first kappa shape index (κ1) is 23.6. The summed E-state index contributed by atoms with van der Waals surface area (Å²) in [5.74, 6) is -2.14. The van der Waals surface area contributed by atoms with Crippen LogP contribution in [0.4, 0.5) is 8.78 Å². The lowest BCUT2D eigenvalue weighted by Crippen LogP contribution is -2.35. The normalized spacial score (nSPS) is 14.5. The van der Waals surface area contributed by atoms with E-state index < -0.39 is 11.6 Å². The van der Waals surface area contributed by atoms with Gasteiger partial charge in [0.15, 0.2) is 11.6 Å². The number of aromatic amines is 2. The third kappa shape index (κ3) is 4.14. The van der Waals surface area contributed by atoms with Crippen LogP contribution in [0, 0.1) is 11.6 Å². The number of fused-ring (bicyclic) bond motifs is 4. The van der Waals surface area contributed by atoms with Crippen molar-refractivity contribution in [1.82, 2.24) is 24.5 Å². The Morgan fingerprint density at radius 2 is 1.85 bits per heavy atom. The van der Waals surface area contributed by atoms with E-state index in [2.05, 4.69) is 26.0 Å². The SMILES string of the molecule is O=C(c1cc2c(CN3CCOCC3)cccc2[nH]1)c1cnn2c1[nH]c1cc(Oc3cccc(F)c3F)ccc12. The van der Waals surface area contributed by atoms with Gasteiger partial charge in [-0.25, -0.2) is 8.91 Å². The van der Waals surface area contributed by atoms with Gasteiger partial charge in [0, 0.05) is 36.6 Å². The zero-order valence-electron chi connectivity index (χ0n) is 20.7. The first-order chi connectivity index (χ1) is 19.0. The molecule has 0 atom stereocenters. The summed E-state index contributed by atoms with van der Waals surface area (Å²) in [6, 6.07) is 16.7. The molecule has 1 aliphatic rings. The number of carbonyl (C=O) groups excluding carboxylic acids is 1. The highest BCUT2D eigenvalue weighted by Crippen LogP contribution is 2.30. The fourth-order valence-corrected chi connectivity index (χ4v) is 5.12. The second-order valence-electron chi connectivity index (χ2n) is 9.56. The Morgan fingerprint density at radius 3 is 2.72 bits per heavy atom. The molecule has 2 N–H and O–H groups in total. The van der Waals surface area contributed by atoms with Gasteiger partial charge < -0.3 is 19.4 Å². The van der Waals surface area contributed by atoms with Gasteiger partial charge in [0.05, 0.1) is 41.7 Å². The first-order valence-electron chi connectivity index (χ1n) is 12.6. The fraction of sp³-hybridized carbons (Fsp3) is 0.172. The number of imidazole rings is 1. The lowest BCUT2D eigenvalue weighted by molar-refractivity contribution is 0.0344. The predicted octanol–water partition coefficient (Wildman–Crippen LogP) is 5.43. The summed E-state index contributed by atoms with van der Waals surface area (Å²) in [4.78, 5) is 22.5. The van der Waals surface area contributed by atoms with Crippen molar-refractivity contribution >= 4 is 33.4 Å². The molecule has 1 saturated heterocycles. The molecule has 3 aromatic carbocycles. The Kier molecular flexibility index (Phi) is 5.64. The molecule has 0 spiro atoms. The van der Waals surface area contributed by atoms with Crippen LogP contribution in [0.1, 0.15) is 21.6 Å². The Labute approximate surface area is 220 Å². The number of hydrogen-bond donors (Lipinski definition) is 2. The maximum absolute atomic E-state index is 14.1. The van der Waals surface area contributed by atoms with E-state index in [-0.39, 0.29) is 11.5 Å². The Morgan fingerprint density at radius 1 is 1.00 bits per heavy atom. The van der Waals surface area contributed by atoms with Gasteiger partial charge in [-0.3, -0.25) is 9.69 Å². The number of rotatable bonds is 6. The van der Waals surface area contributed by atoms with Crippen LogP contribution >= 0.6 is 0 Å². The molecule has 1 aliphatic heterocycles. The molecule has 39 heavy (non-hydrogen) atoms. The molecule has 0 aliphatic carbocycles. The number of hydrogen-bond acceptors (Lipinski definition) is 5. The van der Waals surface area contributed by atoms with Gasteiger partial charge in [-0.15, -0.1) is 0 Å². The van der Waals surface area contributed by atoms with Gasteiger partial charge in [-0.2, -0.15) is 9.49 Å². The Balaban J connectivity index is 1.21. The predicted molar refractivity (Wildman–Crippen MR) is 141 cm³/mol. The second-order valence-corrected chi connectivity index (χ2v) is 9.56. The summed E-state index contributed by atoms with van der Waals surface area (Å²) in [6.45, 7) is 4.00. The molecule has 3 aromatic heterocycles. The molecule has 196 valence electrons. The van der Waals surface area contributed by atoms with Crippen molar-refractivity contribution in [3.05, 3.63) is 95.3 Å². The van der Waals surface area contributed by atoms with Gasteiger partial charge in [-0.1, -0.05) is 18.2 Å². The molecule has 0 unspecified atom stereocenters. The number of aromatic nitrogens is 4. The molecule has 1 fully saturated rings. The van der Waals surface area contributed by atoms with Crippen LogP contribution in [0.15, 0.2) is 66.9 Å². The molecule has 8 nitrogen and oxygen atoms in total. The van der Waals surface area contributed by atoms with Crippen molar-refractivity contribution in [3.63, 3.8) is 0 Å². The van der Waals surface area contributed by atoms with Gasteiger partial charge in [0.1, 0.15) is 11.4 Å². The zero-order chi connectivity index (χ0) is 26.5. The van der Waals surface area contributed by atoms with E-state index >= 15 is 0 Å². The second kappa shape index (κ2) is 9.33. The van der Waals surface area contributed by atoms with Crippen LogP contribution < -0.4 is 4.74 Å². The van der Waals surface area contributed by atoms with Crippen LogP contribution in [0.2, 0.25) is 0 Å². The summed E-state index contributed by atoms with van der Waals surface area (Å²) in [6.07, 6.45) is 1.54. The summed E-state index contributed by atoms with van der Waals surface area (Å²) in [7, 11) is 0. The topological polar surface area (TPSA) is 87.6 Å². The van der Waals surface area contributed by atoms with Crippen molar-refractivity contribution in [2.75, 3.05) is 26.3 Å². The van der Waals surface area contributed by atoms with Crippen molar-refractivity contribution in [2.24, 2.45) is 0 Å². The molecule has 0 amide bonds. The van der Waals surface area contributed by atoms with E-state index in [1.807, 2.05) is 18.2 Å². The van der Waals surface area contributed by atoms with E-state index in [0.29, 0.717) is 33.7 Å². The number of ether oxygens (including phenoxy) is 2. The average molecular weight is 528 g/mol. The lowest BCUT2D eigenvalue weighted by Gasteiger charge is -2.26. The van der Waals surface area contributed by atoms with Gasteiger partial charge in [-0.05, 0) is 42.0 Å². The smallest absolute Gasteiger partial charge is 0.214 e. The summed E-state index contributed by atoms with van der Waals surface area (Å²) < 4.78 is 40.3. The van der Waals surface area contributed by atoms with E-state index in [9.17, 15) is 13.6 Å². The van der Waals surface area contributed by atoms with Crippen LogP contribution in [-0.4, -0.2) is 56.6 Å². The van der Waals surface area contributed by atoms with Crippen LogP contribution in [-0.2, 0) is 11.3 Å². The fourth-order valence-electron chi connectivity index (χ4n) is 5.12. The van der Waals surface area contributed by atoms with Crippen molar-refractivity contribution in [2.45, 2.75) is 6.54 Å². The van der Waals surface area contributed by atoms with E-state index in [0.717, 1.165) is 55.4 Å². The zero-order valence-corrected chi connectivity index (χ0v) is 20.7. The van der Waals surface area contributed by atoms with Gasteiger partial charge in [0.25, 0.3) is 0 Å². The Bertz CT molecular complexity index is 1870. The molecular formula is C29H23F2N5O3. The average Bonchev–Trinajstić information content (AvgIpc) is 3.65. The standard InChI is InChI=1S/C29H23F2N5O3/c30-21-4-2-6-26(27(21)31)39-18-7-8-25-23(13-18)34-29-20(15-32-36(25)29)28(37)24-14-19-17(3-1-5-22(19)33-24)16-35-9-11-38-12-10-35/h1-8,13-15,33-34H,9-12,16H2. The van der Waals surface area contributed by atoms with Crippen molar-refractivity contribution < 1.29 is 23.0 Å². The molecule has 10 heteroatoms. The molecule has 0 saturated carbocycles. The maximum Gasteiger partial charge on any atom is 0.214 e. The number of benzene rings is 3. The number of ketones is 1. The number of nitrogens with one attached hydrogen (secondary N) is 2. The largest absolute Gasteiger partial charge is 0.454 e. The number of nitrogens with zero attached hydrogens (tertiary/aromatic N) is 3. The monoisotopic (exact) mass is 527 g/mol. The Hall–Kier alpha value is -4.54. The van der Waals surface area contributed by atoms with E-state index in [1.165, 1.54) is 12.1 Å². The van der Waals surface area contributed by atoms with E-state index in [4.69, 9.17) is 9.47 Å². The van der Waals surface area contributed by atoms with Crippen molar-refractivity contribution in [1.29, 1.82) is 0 Å².